The van der Waals surface area contributed by atoms with Crippen molar-refractivity contribution in [2.24, 2.45) is 11.8 Å². The predicted molar refractivity (Wildman–Crippen MR) is 155 cm³/mol. The van der Waals surface area contributed by atoms with Crippen LogP contribution in [0.1, 0.15) is 47.9 Å². The van der Waals surface area contributed by atoms with E-state index in [0.717, 1.165) is 4.90 Å². The zero-order chi connectivity index (χ0) is 28.5. The lowest BCUT2D eigenvalue weighted by molar-refractivity contribution is -0.157. The summed E-state index contributed by atoms with van der Waals surface area (Å²) >= 11 is 1.57. The molecule has 4 rings (SSSR count). The fourth-order valence-corrected chi connectivity index (χ4v) is 6.14. The largest absolute Gasteiger partial charge is 0.462 e. The van der Waals surface area contributed by atoms with Gasteiger partial charge in [0.15, 0.2) is 0 Å². The Bertz CT molecular complexity index is 1230. The van der Waals surface area contributed by atoms with Gasteiger partial charge in [0.25, 0.3) is 0 Å². The lowest BCUT2D eigenvalue weighted by atomic mass is 9.82. The molecule has 3 aromatic carbocycles. The lowest BCUT2D eigenvalue weighted by Gasteiger charge is -2.49. The number of esters is 2. The average Bonchev–Trinajstić information content (AvgIpc) is 2.98. The number of benzene rings is 3. The first-order chi connectivity index (χ1) is 19.3. The normalized spacial score (nSPS) is 24.1. The number of aliphatic hydroxyl groups excluding tert-OH is 1. The third-order valence-electron chi connectivity index (χ3n) is 7.29. The Balaban J connectivity index is 1.56. The maximum absolute atomic E-state index is 13.1. The van der Waals surface area contributed by atoms with Crippen LogP contribution in [0.4, 0.5) is 0 Å². The minimum atomic E-state index is -0.726. The molecule has 0 spiro atoms. The summed E-state index contributed by atoms with van der Waals surface area (Å²) in [5.74, 6) is -1.02. The molecule has 1 heterocycles. The zero-order valence-electron chi connectivity index (χ0n) is 23.1. The van der Waals surface area contributed by atoms with Gasteiger partial charge in [0.2, 0.25) is 0 Å². The Morgan fingerprint density at radius 1 is 0.950 bits per heavy atom. The summed E-state index contributed by atoms with van der Waals surface area (Å²) in [4.78, 5) is 26.0. The van der Waals surface area contributed by atoms with Crippen LogP contribution in [0.15, 0.2) is 95.9 Å². The second-order valence-corrected chi connectivity index (χ2v) is 11.9. The first-order valence-corrected chi connectivity index (χ1v) is 14.4. The van der Waals surface area contributed by atoms with Gasteiger partial charge in [0, 0.05) is 11.3 Å². The summed E-state index contributed by atoms with van der Waals surface area (Å²) in [7, 11) is 0. The van der Waals surface area contributed by atoms with Crippen molar-refractivity contribution in [1.29, 1.82) is 0 Å². The van der Waals surface area contributed by atoms with E-state index in [1.165, 1.54) is 0 Å². The molecule has 1 aliphatic rings. The van der Waals surface area contributed by atoms with E-state index in [4.69, 9.17) is 14.2 Å². The molecule has 3 aromatic rings. The van der Waals surface area contributed by atoms with Crippen LogP contribution < -0.4 is 5.32 Å². The second-order valence-electron chi connectivity index (χ2n) is 10.3. The number of carbonyl (C=O) groups excluding carboxylic acids is 2. The summed E-state index contributed by atoms with van der Waals surface area (Å²) < 4.78 is 18.5. The molecule has 0 amide bonds. The molecule has 0 aliphatic carbocycles. The molecular weight excluding hydrogens is 526 g/mol. The molecule has 0 aromatic heterocycles. The van der Waals surface area contributed by atoms with E-state index >= 15 is 0 Å². The van der Waals surface area contributed by atoms with E-state index in [1.54, 1.807) is 60.3 Å². The summed E-state index contributed by atoms with van der Waals surface area (Å²) in [6, 6.07) is 27.2. The lowest BCUT2D eigenvalue weighted by Crippen LogP contribution is -2.62. The number of carbonyl (C=O) groups is 2. The van der Waals surface area contributed by atoms with Gasteiger partial charge in [-0.05, 0) is 55.2 Å². The zero-order valence-corrected chi connectivity index (χ0v) is 23.9. The highest BCUT2D eigenvalue weighted by Crippen LogP contribution is 2.45. The maximum Gasteiger partial charge on any atom is 0.338 e. The highest BCUT2D eigenvalue weighted by atomic mass is 32.2. The molecule has 6 atom stereocenters. The topological polar surface area (TPSA) is 94.1 Å². The van der Waals surface area contributed by atoms with Crippen LogP contribution in [0.3, 0.4) is 0 Å². The van der Waals surface area contributed by atoms with Gasteiger partial charge in [-0.15, -0.1) is 0 Å². The minimum absolute atomic E-state index is 0.0878. The number of hydrogen-bond acceptors (Lipinski definition) is 8. The number of rotatable bonds is 11. The molecule has 212 valence electrons. The quantitative estimate of drug-likeness (QED) is 0.232. The van der Waals surface area contributed by atoms with E-state index < -0.39 is 29.2 Å². The van der Waals surface area contributed by atoms with E-state index in [9.17, 15) is 14.7 Å². The first kappa shape index (κ1) is 29.8. The number of thioether (sulfide) groups is 1. The third kappa shape index (κ3) is 7.73. The van der Waals surface area contributed by atoms with E-state index in [1.807, 2.05) is 63.2 Å². The van der Waals surface area contributed by atoms with Gasteiger partial charge in [-0.25, -0.2) is 9.59 Å². The number of nitrogens with one attached hydrogen (secondary N) is 1. The molecule has 0 bridgehead atoms. The third-order valence-corrected chi connectivity index (χ3v) is 8.49. The molecular formula is C32H37NO6S. The Labute approximate surface area is 240 Å². The van der Waals surface area contributed by atoms with Crippen molar-refractivity contribution < 1.29 is 28.9 Å². The van der Waals surface area contributed by atoms with Crippen LogP contribution in [-0.2, 0) is 14.2 Å². The Hall–Kier alpha value is -3.17. The number of ether oxygens (including phenoxy) is 3. The highest BCUT2D eigenvalue weighted by molar-refractivity contribution is 8.00. The van der Waals surface area contributed by atoms with Gasteiger partial charge in [-0.2, -0.15) is 0 Å². The van der Waals surface area contributed by atoms with Crippen molar-refractivity contribution >= 4 is 23.7 Å². The fourth-order valence-electron chi connectivity index (χ4n) is 4.94. The van der Waals surface area contributed by atoms with Crippen molar-refractivity contribution in [3.63, 3.8) is 0 Å². The van der Waals surface area contributed by atoms with Crippen LogP contribution in [0.5, 0.6) is 0 Å². The van der Waals surface area contributed by atoms with Crippen LogP contribution in [-0.4, -0.2) is 53.6 Å². The van der Waals surface area contributed by atoms with Crippen LogP contribution in [0.25, 0.3) is 0 Å². The summed E-state index contributed by atoms with van der Waals surface area (Å²) in [5, 5.41) is 13.0. The average molecular weight is 564 g/mol. The number of hydrogen-bond donors (Lipinski definition) is 2. The van der Waals surface area contributed by atoms with E-state index in [-0.39, 0.29) is 31.1 Å². The molecule has 1 fully saturated rings. The van der Waals surface area contributed by atoms with Gasteiger partial charge in [0.05, 0.1) is 36.6 Å². The van der Waals surface area contributed by atoms with E-state index in [2.05, 4.69) is 5.32 Å². The molecule has 2 N–H and O–H groups in total. The standard InChI is InChI=1S/C32H37NO6S/c1-22(20-37-30(35)24-13-7-4-8-14-24)23(2)29-28(33-21-34)27(38-31(36)25-15-9-5-10-16-25)19-32(3,39-29)40-26-17-11-6-12-18-26/h4-18,22-23,27-29,33-34H,19-21H2,1-3H3/t22-,23-,27-,28-,29?,32+/m1/s1. The van der Waals surface area contributed by atoms with Crippen molar-refractivity contribution in [1.82, 2.24) is 5.32 Å². The molecule has 8 heteroatoms. The fraction of sp³-hybridized carbons (Fsp3) is 0.375. The van der Waals surface area contributed by atoms with Gasteiger partial charge in [-0.1, -0.05) is 80.2 Å². The van der Waals surface area contributed by atoms with Crippen molar-refractivity contribution in [2.75, 3.05) is 13.3 Å². The Kier molecular flexibility index (Phi) is 10.4. The van der Waals surface area contributed by atoms with Crippen LogP contribution in [0.2, 0.25) is 0 Å². The summed E-state index contributed by atoms with van der Waals surface area (Å²) in [5.41, 5.74) is 0.954. The van der Waals surface area contributed by atoms with Gasteiger partial charge >= 0.3 is 11.9 Å². The molecule has 1 aliphatic heterocycles. The Morgan fingerprint density at radius 2 is 1.50 bits per heavy atom. The SMILES string of the molecule is C[C@H](COC(=O)c1ccccc1)[C@@H](C)C1O[C@@](C)(Sc2ccccc2)C[C@@H](OC(=O)c2ccccc2)[C@H]1NCO. The van der Waals surface area contributed by atoms with Crippen LogP contribution in [0, 0.1) is 11.8 Å². The van der Waals surface area contributed by atoms with Gasteiger partial charge in [0.1, 0.15) is 11.0 Å². The van der Waals surface area contributed by atoms with Crippen molar-refractivity contribution in [2.45, 2.75) is 55.3 Å². The van der Waals surface area contributed by atoms with Gasteiger partial charge in [-0.3, -0.25) is 5.32 Å². The first-order valence-electron chi connectivity index (χ1n) is 13.5. The predicted octanol–water partition coefficient (Wildman–Crippen LogP) is 5.55. The molecule has 1 unspecified atom stereocenters. The van der Waals surface area contributed by atoms with Crippen molar-refractivity contribution in [3.05, 3.63) is 102 Å². The van der Waals surface area contributed by atoms with Crippen molar-refractivity contribution in [3.8, 4) is 0 Å². The molecule has 0 saturated carbocycles. The van der Waals surface area contributed by atoms with Gasteiger partial charge < -0.3 is 19.3 Å². The minimum Gasteiger partial charge on any atom is -0.462 e. The molecule has 1 saturated heterocycles. The smallest absolute Gasteiger partial charge is 0.338 e. The van der Waals surface area contributed by atoms with Crippen LogP contribution >= 0.6 is 11.8 Å². The maximum atomic E-state index is 13.1. The molecule has 0 radical (unpaired) electrons. The monoisotopic (exact) mass is 563 g/mol. The number of aliphatic hydroxyl groups is 1. The van der Waals surface area contributed by atoms with E-state index in [0.29, 0.717) is 17.5 Å². The Morgan fingerprint density at radius 3 is 2.08 bits per heavy atom. The summed E-state index contributed by atoms with van der Waals surface area (Å²) in [6.45, 7) is 5.92. The molecule has 7 nitrogen and oxygen atoms in total. The summed E-state index contributed by atoms with van der Waals surface area (Å²) in [6.07, 6.45) is -0.633. The highest BCUT2D eigenvalue weighted by Gasteiger charge is 2.49. The second kappa shape index (κ2) is 13.9. The molecule has 40 heavy (non-hydrogen) atoms.